The zero-order valence-electron chi connectivity index (χ0n) is 12.0. The van der Waals surface area contributed by atoms with Gasteiger partial charge in [-0.2, -0.15) is 0 Å². The summed E-state index contributed by atoms with van der Waals surface area (Å²) < 4.78 is 21.7. The zero-order chi connectivity index (χ0) is 13.7. The van der Waals surface area contributed by atoms with Gasteiger partial charge in [0.15, 0.2) is 8.32 Å². The summed E-state index contributed by atoms with van der Waals surface area (Å²) in [7, 11) is -0.371. The first-order valence-electron chi connectivity index (χ1n) is 5.68. The van der Waals surface area contributed by atoms with Crippen LogP contribution in [0, 0.1) is 0 Å². The second kappa shape index (κ2) is 6.41. The van der Waals surface area contributed by atoms with Crippen molar-refractivity contribution in [2.75, 3.05) is 21.3 Å². The Morgan fingerprint density at radius 3 is 1.71 bits per heavy atom. The van der Waals surface area contributed by atoms with Crippen molar-refractivity contribution in [3.63, 3.8) is 0 Å². The van der Waals surface area contributed by atoms with Gasteiger partial charge in [0.2, 0.25) is 0 Å². The minimum Gasteiger partial charge on any atom is -0.394 e. The van der Waals surface area contributed by atoms with E-state index >= 15 is 0 Å². The molecule has 7 heteroatoms. The number of hydrogen-bond donors (Lipinski definition) is 1. The molecule has 0 unspecified atom stereocenters. The Morgan fingerprint density at radius 2 is 1.41 bits per heavy atom. The molecule has 0 heterocycles. The van der Waals surface area contributed by atoms with Crippen LogP contribution in [0.4, 0.5) is 0 Å². The van der Waals surface area contributed by atoms with E-state index < -0.39 is 23.0 Å². The van der Waals surface area contributed by atoms with Crippen LogP contribution in [-0.4, -0.2) is 49.4 Å². The Bertz CT molecular complexity index is 215. The van der Waals surface area contributed by atoms with Crippen LogP contribution in [0.15, 0.2) is 0 Å². The van der Waals surface area contributed by atoms with E-state index in [0.29, 0.717) is 6.42 Å². The van der Waals surface area contributed by atoms with Crippen LogP contribution in [0.2, 0.25) is 19.1 Å². The third-order valence-electron chi connectivity index (χ3n) is 2.49. The normalized spacial score (nSPS) is 14.1. The van der Waals surface area contributed by atoms with Gasteiger partial charge < -0.3 is 22.5 Å². The lowest BCUT2D eigenvalue weighted by molar-refractivity contribution is 0.0452. The summed E-state index contributed by atoms with van der Waals surface area (Å²) in [4.78, 5) is 0. The third-order valence-corrected chi connectivity index (χ3v) is 8.65. The van der Waals surface area contributed by atoms with Crippen molar-refractivity contribution < 1.29 is 22.5 Å². The van der Waals surface area contributed by atoms with Gasteiger partial charge in [0, 0.05) is 21.3 Å². The van der Waals surface area contributed by atoms with Gasteiger partial charge in [0.1, 0.15) is 0 Å². The van der Waals surface area contributed by atoms with Crippen LogP contribution < -0.4 is 0 Å². The van der Waals surface area contributed by atoms with E-state index in [9.17, 15) is 5.11 Å². The van der Waals surface area contributed by atoms with E-state index in [4.69, 9.17) is 17.4 Å². The molecule has 104 valence electrons. The fourth-order valence-corrected chi connectivity index (χ4v) is 7.20. The second-order valence-electron chi connectivity index (χ2n) is 5.29. The fourth-order valence-electron chi connectivity index (χ4n) is 1.37. The van der Waals surface area contributed by atoms with E-state index in [0.717, 1.165) is 6.04 Å². The summed E-state index contributed by atoms with van der Waals surface area (Å²) in [6.07, 6.45) is 0.688. The summed E-state index contributed by atoms with van der Waals surface area (Å²) in [6.45, 7) is 7.73. The van der Waals surface area contributed by atoms with Crippen LogP contribution in [0.5, 0.6) is 0 Å². The van der Waals surface area contributed by atoms with Gasteiger partial charge >= 0.3 is 9.05 Å². The van der Waals surface area contributed by atoms with Crippen molar-refractivity contribution in [1.29, 1.82) is 0 Å². The molecule has 0 aromatic carbocycles. The Labute approximate surface area is 107 Å². The standard InChI is InChI=1S/C10H26O5Si2/c1-10(2,11)8-9-16(6,7)15-17(12-3,13-4)14-5/h11H,8-9H2,1-7H3. The number of hydrogen-bond acceptors (Lipinski definition) is 5. The van der Waals surface area contributed by atoms with Crippen molar-refractivity contribution in [3.05, 3.63) is 0 Å². The van der Waals surface area contributed by atoms with Crippen LogP contribution in [0.1, 0.15) is 20.3 Å². The van der Waals surface area contributed by atoms with Gasteiger partial charge in [-0.25, -0.2) is 0 Å². The minimum absolute atomic E-state index is 0.676. The van der Waals surface area contributed by atoms with Crippen LogP contribution >= 0.6 is 0 Å². The molecule has 0 atom stereocenters. The number of aliphatic hydroxyl groups is 1. The largest absolute Gasteiger partial charge is 0.668 e. The molecule has 0 rings (SSSR count). The maximum absolute atomic E-state index is 9.74. The quantitative estimate of drug-likeness (QED) is 0.687. The highest BCUT2D eigenvalue weighted by Gasteiger charge is 2.47. The lowest BCUT2D eigenvalue weighted by atomic mass is 10.1. The Kier molecular flexibility index (Phi) is 6.50. The molecule has 0 spiro atoms. The molecule has 0 saturated heterocycles. The predicted molar refractivity (Wildman–Crippen MR) is 71.1 cm³/mol. The van der Waals surface area contributed by atoms with Crippen molar-refractivity contribution in [1.82, 2.24) is 0 Å². The van der Waals surface area contributed by atoms with Crippen molar-refractivity contribution >= 4 is 17.4 Å². The average Bonchev–Trinajstić information content (AvgIpc) is 2.23. The molecule has 0 bridgehead atoms. The lowest BCUT2D eigenvalue weighted by Crippen LogP contribution is -2.54. The van der Waals surface area contributed by atoms with Gasteiger partial charge in [-0.3, -0.25) is 0 Å². The Morgan fingerprint density at radius 1 is 1.00 bits per heavy atom. The highest BCUT2D eigenvalue weighted by atomic mass is 28.5. The van der Waals surface area contributed by atoms with Crippen molar-refractivity contribution in [3.8, 4) is 0 Å². The predicted octanol–water partition coefficient (Wildman–Crippen LogP) is 1.74. The molecular weight excluding hydrogens is 256 g/mol. The first kappa shape index (κ1) is 17.2. The van der Waals surface area contributed by atoms with Gasteiger partial charge in [0.25, 0.3) is 0 Å². The van der Waals surface area contributed by atoms with Crippen LogP contribution in [0.25, 0.3) is 0 Å². The highest BCUT2D eigenvalue weighted by molar-refractivity contribution is 6.78. The molecule has 5 nitrogen and oxygen atoms in total. The first-order valence-corrected chi connectivity index (χ1v) is 10.4. The minimum atomic E-state index is -2.97. The summed E-state index contributed by atoms with van der Waals surface area (Å²) in [5, 5.41) is 9.74. The molecule has 0 aliphatic heterocycles. The maximum atomic E-state index is 9.74. The Hall–Kier alpha value is 0.234. The third kappa shape index (κ3) is 6.65. The van der Waals surface area contributed by atoms with E-state index in [1.807, 2.05) is 0 Å². The van der Waals surface area contributed by atoms with Crippen LogP contribution in [-0.2, 0) is 17.4 Å². The molecule has 0 saturated carbocycles. The average molecular weight is 282 g/mol. The molecule has 0 amide bonds. The van der Waals surface area contributed by atoms with E-state index in [2.05, 4.69) is 13.1 Å². The summed E-state index contributed by atoms with van der Waals surface area (Å²) >= 11 is 0. The smallest absolute Gasteiger partial charge is 0.394 e. The van der Waals surface area contributed by atoms with E-state index in [1.54, 1.807) is 13.8 Å². The molecule has 0 aliphatic carbocycles. The van der Waals surface area contributed by atoms with Gasteiger partial charge in [-0.15, -0.1) is 0 Å². The van der Waals surface area contributed by atoms with Crippen molar-refractivity contribution in [2.24, 2.45) is 0 Å². The molecular formula is C10H26O5Si2. The van der Waals surface area contributed by atoms with Gasteiger partial charge in [-0.05, 0) is 39.4 Å². The summed E-state index contributed by atoms with van der Waals surface area (Å²) in [6, 6.07) is 0.821. The second-order valence-corrected chi connectivity index (χ2v) is 12.3. The first-order chi connectivity index (χ1) is 7.60. The monoisotopic (exact) mass is 282 g/mol. The Balaban J connectivity index is 4.50. The fraction of sp³-hybridized carbons (Fsp3) is 1.00. The number of rotatable bonds is 8. The molecule has 0 aromatic rings. The van der Waals surface area contributed by atoms with Gasteiger partial charge in [0.05, 0.1) is 5.60 Å². The maximum Gasteiger partial charge on any atom is 0.668 e. The highest BCUT2D eigenvalue weighted by Crippen LogP contribution is 2.24. The van der Waals surface area contributed by atoms with E-state index in [1.165, 1.54) is 21.3 Å². The van der Waals surface area contributed by atoms with Crippen LogP contribution in [0.3, 0.4) is 0 Å². The molecule has 0 radical (unpaired) electrons. The summed E-state index contributed by atoms with van der Waals surface area (Å²) in [5.41, 5.74) is -0.676. The SMILES string of the molecule is CO[Si](OC)(OC)O[Si](C)(C)CCC(C)(C)O. The van der Waals surface area contributed by atoms with Crippen molar-refractivity contribution in [2.45, 2.75) is 45.0 Å². The molecule has 17 heavy (non-hydrogen) atoms. The lowest BCUT2D eigenvalue weighted by Gasteiger charge is -2.33. The molecule has 1 N–H and O–H groups in total. The summed E-state index contributed by atoms with van der Waals surface area (Å²) in [5.74, 6) is 0. The van der Waals surface area contributed by atoms with E-state index in [-0.39, 0.29) is 0 Å². The topological polar surface area (TPSA) is 57.2 Å². The molecule has 0 aromatic heterocycles. The van der Waals surface area contributed by atoms with Gasteiger partial charge in [-0.1, -0.05) is 0 Å². The molecule has 0 fully saturated rings. The zero-order valence-corrected chi connectivity index (χ0v) is 14.0. The molecule has 0 aliphatic rings.